The molecule has 0 spiro atoms. The fourth-order valence-corrected chi connectivity index (χ4v) is 3.02. The summed E-state index contributed by atoms with van der Waals surface area (Å²) in [5, 5.41) is 0. The third-order valence-corrected chi connectivity index (χ3v) is 3.92. The third kappa shape index (κ3) is 2.37. The van der Waals surface area contributed by atoms with Crippen LogP contribution >= 0.6 is 0 Å². The molecule has 1 heterocycles. The summed E-state index contributed by atoms with van der Waals surface area (Å²) >= 11 is 0. The van der Waals surface area contributed by atoms with Crippen molar-refractivity contribution in [3.05, 3.63) is 47.0 Å². The van der Waals surface area contributed by atoms with E-state index in [1.54, 1.807) is 0 Å². The summed E-state index contributed by atoms with van der Waals surface area (Å²) in [5.41, 5.74) is 4.78. The van der Waals surface area contributed by atoms with Gasteiger partial charge in [0, 0.05) is 12.5 Å². The van der Waals surface area contributed by atoms with Crippen molar-refractivity contribution in [3.63, 3.8) is 0 Å². The Hall–Kier alpha value is -2.29. The summed E-state index contributed by atoms with van der Waals surface area (Å²) < 4.78 is 11.6. The molecule has 114 valence electrons. The fraction of sp³-hybridized carbons (Fsp3) is 0.316. The van der Waals surface area contributed by atoms with E-state index in [9.17, 15) is 4.79 Å². The summed E-state index contributed by atoms with van der Waals surface area (Å²) in [5.74, 6) is 0.996. The van der Waals surface area contributed by atoms with Crippen LogP contribution in [0, 0.1) is 13.8 Å². The van der Waals surface area contributed by atoms with Gasteiger partial charge < -0.3 is 9.47 Å². The average Bonchev–Trinajstić information content (AvgIpc) is 2.35. The van der Waals surface area contributed by atoms with Gasteiger partial charge in [0.1, 0.15) is 17.1 Å². The summed E-state index contributed by atoms with van der Waals surface area (Å²) in [6, 6.07) is 10.2. The largest absolute Gasteiger partial charge is 0.482 e. The van der Waals surface area contributed by atoms with Gasteiger partial charge in [-0.1, -0.05) is 23.8 Å². The van der Waals surface area contributed by atoms with Crippen LogP contribution in [0.3, 0.4) is 0 Å². The van der Waals surface area contributed by atoms with Gasteiger partial charge in [0.05, 0.1) is 5.56 Å². The second kappa shape index (κ2) is 4.87. The van der Waals surface area contributed by atoms with Crippen molar-refractivity contribution in [2.45, 2.75) is 40.2 Å². The van der Waals surface area contributed by atoms with Gasteiger partial charge in [-0.15, -0.1) is 0 Å². The molecule has 3 nitrogen and oxygen atoms in total. The van der Waals surface area contributed by atoms with Gasteiger partial charge in [-0.25, -0.2) is 0 Å². The van der Waals surface area contributed by atoms with E-state index in [4.69, 9.17) is 9.47 Å². The summed E-state index contributed by atoms with van der Waals surface area (Å²) in [6.07, 6.45) is 0. The molecule has 0 saturated carbocycles. The smallest absolute Gasteiger partial charge is 0.308 e. The first kappa shape index (κ1) is 14.6. The van der Waals surface area contributed by atoms with Crippen LogP contribution in [0.1, 0.15) is 37.5 Å². The summed E-state index contributed by atoms with van der Waals surface area (Å²) in [7, 11) is 0. The normalized spacial score (nSPS) is 14.6. The highest BCUT2D eigenvalue weighted by Gasteiger charge is 2.34. The molecular formula is C19H20O3. The van der Waals surface area contributed by atoms with Crippen LogP contribution < -0.4 is 9.47 Å². The van der Waals surface area contributed by atoms with E-state index in [1.165, 1.54) is 6.92 Å². The van der Waals surface area contributed by atoms with E-state index >= 15 is 0 Å². The Morgan fingerprint density at radius 3 is 2.50 bits per heavy atom. The van der Waals surface area contributed by atoms with Crippen molar-refractivity contribution < 1.29 is 14.3 Å². The van der Waals surface area contributed by atoms with E-state index < -0.39 is 5.60 Å². The molecule has 0 radical (unpaired) electrons. The lowest BCUT2D eigenvalue weighted by molar-refractivity contribution is -0.131. The van der Waals surface area contributed by atoms with Crippen LogP contribution in [0.5, 0.6) is 11.5 Å². The zero-order valence-electron chi connectivity index (χ0n) is 13.6. The van der Waals surface area contributed by atoms with Crippen LogP contribution in [0.25, 0.3) is 11.1 Å². The zero-order chi connectivity index (χ0) is 16.1. The number of fused-ring (bicyclic) bond motifs is 3. The molecule has 0 bridgehead atoms. The molecule has 0 unspecified atom stereocenters. The van der Waals surface area contributed by atoms with E-state index in [0.717, 1.165) is 33.6 Å². The maximum absolute atomic E-state index is 11.5. The number of aryl methyl sites for hydroxylation is 2. The first-order valence-corrected chi connectivity index (χ1v) is 7.41. The lowest BCUT2D eigenvalue weighted by atomic mass is 9.84. The molecule has 2 aromatic carbocycles. The predicted molar refractivity (Wildman–Crippen MR) is 86.3 cm³/mol. The Bertz CT molecular complexity index is 772. The van der Waals surface area contributed by atoms with Crippen molar-refractivity contribution >= 4 is 5.97 Å². The Balaban J connectivity index is 2.33. The van der Waals surface area contributed by atoms with Gasteiger partial charge >= 0.3 is 5.97 Å². The van der Waals surface area contributed by atoms with Gasteiger partial charge in [-0.3, -0.25) is 4.79 Å². The predicted octanol–water partition coefficient (Wildman–Crippen LogP) is 4.52. The lowest BCUT2D eigenvalue weighted by Crippen LogP contribution is -2.29. The number of carbonyl (C=O) groups is 1. The number of ether oxygens (including phenoxy) is 2. The van der Waals surface area contributed by atoms with Gasteiger partial charge in [0.25, 0.3) is 0 Å². The minimum absolute atomic E-state index is 0.327. The molecule has 0 aliphatic carbocycles. The van der Waals surface area contributed by atoms with Crippen molar-refractivity contribution in [3.8, 4) is 22.6 Å². The molecule has 1 aliphatic heterocycles. The Labute approximate surface area is 130 Å². The highest BCUT2D eigenvalue weighted by Crippen LogP contribution is 2.50. The minimum atomic E-state index is -0.419. The molecule has 1 aliphatic rings. The zero-order valence-corrected chi connectivity index (χ0v) is 13.6. The molecule has 0 atom stereocenters. The lowest BCUT2D eigenvalue weighted by Gasteiger charge is -2.36. The Kier molecular flexibility index (Phi) is 3.24. The van der Waals surface area contributed by atoms with Crippen molar-refractivity contribution in [2.24, 2.45) is 0 Å². The minimum Gasteiger partial charge on any atom is -0.482 e. The number of benzene rings is 2. The second-order valence-corrected chi connectivity index (χ2v) is 6.39. The monoisotopic (exact) mass is 296 g/mol. The molecule has 2 aromatic rings. The summed E-state index contributed by atoms with van der Waals surface area (Å²) in [4.78, 5) is 11.5. The highest BCUT2D eigenvalue weighted by molar-refractivity contribution is 5.85. The van der Waals surface area contributed by atoms with Gasteiger partial charge in [-0.2, -0.15) is 0 Å². The topological polar surface area (TPSA) is 35.5 Å². The standard InChI is InChI=1S/C19H20O3/c1-11-6-7-15-14(8-11)18-16(21-13(3)20)9-12(2)10-17(18)22-19(15,4)5/h6-10H,1-5H3. The van der Waals surface area contributed by atoms with Crippen molar-refractivity contribution in [2.75, 3.05) is 0 Å². The number of carbonyl (C=O) groups excluding carboxylic acids is 1. The number of hydrogen-bond donors (Lipinski definition) is 0. The first-order valence-electron chi connectivity index (χ1n) is 7.41. The number of rotatable bonds is 1. The number of hydrogen-bond acceptors (Lipinski definition) is 3. The van der Waals surface area contributed by atoms with Gasteiger partial charge in [-0.05, 0) is 51.0 Å². The number of esters is 1. The average molecular weight is 296 g/mol. The molecule has 22 heavy (non-hydrogen) atoms. The van der Waals surface area contributed by atoms with E-state index in [-0.39, 0.29) is 5.97 Å². The highest BCUT2D eigenvalue weighted by atomic mass is 16.5. The van der Waals surface area contributed by atoms with E-state index in [1.807, 2.05) is 19.1 Å². The molecule has 0 saturated heterocycles. The molecule has 0 amide bonds. The van der Waals surface area contributed by atoms with Crippen LogP contribution in [0.15, 0.2) is 30.3 Å². The van der Waals surface area contributed by atoms with E-state index in [0.29, 0.717) is 5.75 Å². The van der Waals surface area contributed by atoms with Crippen LogP contribution in [0.4, 0.5) is 0 Å². The molecule has 0 fully saturated rings. The van der Waals surface area contributed by atoms with Gasteiger partial charge in [0.2, 0.25) is 0 Å². The van der Waals surface area contributed by atoms with Crippen LogP contribution in [-0.4, -0.2) is 5.97 Å². The Morgan fingerprint density at radius 2 is 1.82 bits per heavy atom. The maximum Gasteiger partial charge on any atom is 0.308 e. The first-order chi connectivity index (χ1) is 10.3. The van der Waals surface area contributed by atoms with E-state index in [2.05, 4.69) is 39.0 Å². The molecule has 3 heteroatoms. The Morgan fingerprint density at radius 1 is 1.09 bits per heavy atom. The van der Waals surface area contributed by atoms with Crippen LogP contribution in [0.2, 0.25) is 0 Å². The maximum atomic E-state index is 11.5. The molecule has 0 aromatic heterocycles. The second-order valence-electron chi connectivity index (χ2n) is 6.39. The molecule has 3 rings (SSSR count). The van der Waals surface area contributed by atoms with Crippen molar-refractivity contribution in [1.29, 1.82) is 0 Å². The van der Waals surface area contributed by atoms with Gasteiger partial charge in [0.15, 0.2) is 0 Å². The third-order valence-electron chi connectivity index (χ3n) is 3.92. The SMILES string of the molecule is CC(=O)Oc1cc(C)cc2c1-c1cc(C)ccc1C(C)(C)O2. The van der Waals surface area contributed by atoms with Crippen LogP contribution in [-0.2, 0) is 10.4 Å². The quantitative estimate of drug-likeness (QED) is 0.573. The molecular weight excluding hydrogens is 276 g/mol. The molecule has 0 N–H and O–H groups in total. The summed E-state index contributed by atoms with van der Waals surface area (Å²) in [6.45, 7) is 9.55. The fourth-order valence-electron chi connectivity index (χ4n) is 3.02. The van der Waals surface area contributed by atoms with Crippen molar-refractivity contribution in [1.82, 2.24) is 0 Å².